The molecule has 2 aromatic carbocycles. The van der Waals surface area contributed by atoms with E-state index in [0.717, 1.165) is 38.2 Å². The number of rotatable bonds is 5. The van der Waals surface area contributed by atoms with Crippen LogP contribution in [0.15, 0.2) is 60.7 Å². The van der Waals surface area contributed by atoms with E-state index in [2.05, 4.69) is 38.4 Å². The third kappa shape index (κ3) is 3.40. The van der Waals surface area contributed by atoms with Crippen molar-refractivity contribution in [3.05, 3.63) is 71.8 Å². The lowest BCUT2D eigenvalue weighted by molar-refractivity contribution is 0.0672. The SMILES string of the molecule is O=C1c2ccccc2C(=O)N1C/C=C/CN1CCN(c2snc3ccccc23)CC1. The van der Waals surface area contributed by atoms with Crippen molar-refractivity contribution < 1.29 is 9.59 Å². The van der Waals surface area contributed by atoms with Crippen molar-refractivity contribution in [1.82, 2.24) is 14.2 Å². The molecule has 3 aromatic rings. The second-order valence-electron chi connectivity index (χ2n) is 7.53. The highest BCUT2D eigenvalue weighted by Crippen LogP contribution is 2.31. The van der Waals surface area contributed by atoms with Crippen molar-refractivity contribution in [2.24, 2.45) is 0 Å². The van der Waals surface area contributed by atoms with E-state index in [0.29, 0.717) is 17.7 Å². The number of amides is 2. The van der Waals surface area contributed by atoms with Gasteiger partial charge in [0.25, 0.3) is 11.8 Å². The van der Waals surface area contributed by atoms with Crippen LogP contribution in [0.25, 0.3) is 10.9 Å². The maximum atomic E-state index is 12.4. The fourth-order valence-corrected chi connectivity index (χ4v) is 4.96. The highest BCUT2D eigenvalue weighted by atomic mass is 32.1. The molecule has 2 aliphatic rings. The summed E-state index contributed by atoms with van der Waals surface area (Å²) in [5.41, 5.74) is 2.07. The smallest absolute Gasteiger partial charge is 0.261 e. The number of hydrogen-bond acceptors (Lipinski definition) is 6. The maximum absolute atomic E-state index is 12.4. The van der Waals surface area contributed by atoms with Crippen LogP contribution in [0, 0.1) is 0 Å². The molecular formula is C23H22N4O2S. The molecule has 0 aliphatic carbocycles. The molecule has 2 amide bonds. The Hall–Kier alpha value is -3.03. The first-order chi connectivity index (χ1) is 14.7. The predicted octanol–water partition coefficient (Wildman–Crippen LogP) is 3.27. The van der Waals surface area contributed by atoms with Gasteiger partial charge in [-0.25, -0.2) is 0 Å². The molecular weight excluding hydrogens is 396 g/mol. The molecule has 30 heavy (non-hydrogen) atoms. The molecule has 1 aromatic heterocycles. The van der Waals surface area contributed by atoms with Crippen molar-refractivity contribution in [3.8, 4) is 0 Å². The average molecular weight is 419 g/mol. The molecule has 0 N–H and O–H groups in total. The summed E-state index contributed by atoms with van der Waals surface area (Å²) in [7, 11) is 0. The number of carbonyl (C=O) groups excluding carboxylic acids is 2. The van der Waals surface area contributed by atoms with Crippen molar-refractivity contribution in [2.45, 2.75) is 0 Å². The van der Waals surface area contributed by atoms with E-state index in [4.69, 9.17) is 0 Å². The Balaban J connectivity index is 1.13. The third-order valence-corrected chi connectivity index (χ3v) is 6.66. The molecule has 1 fully saturated rings. The van der Waals surface area contributed by atoms with Crippen LogP contribution in [0.2, 0.25) is 0 Å². The van der Waals surface area contributed by atoms with E-state index >= 15 is 0 Å². The highest BCUT2D eigenvalue weighted by Gasteiger charge is 2.34. The lowest BCUT2D eigenvalue weighted by Gasteiger charge is -2.34. The van der Waals surface area contributed by atoms with E-state index in [9.17, 15) is 9.59 Å². The van der Waals surface area contributed by atoms with E-state index in [1.807, 2.05) is 12.1 Å². The Morgan fingerprint density at radius 1 is 0.833 bits per heavy atom. The second-order valence-corrected chi connectivity index (χ2v) is 8.28. The molecule has 0 bridgehead atoms. The maximum Gasteiger partial charge on any atom is 0.261 e. The molecule has 7 heteroatoms. The van der Waals surface area contributed by atoms with Crippen LogP contribution >= 0.6 is 11.5 Å². The lowest BCUT2D eigenvalue weighted by atomic mass is 10.1. The molecule has 0 spiro atoms. The van der Waals surface area contributed by atoms with Gasteiger partial charge in [-0.05, 0) is 35.8 Å². The first-order valence-corrected chi connectivity index (χ1v) is 10.9. The molecule has 2 aliphatic heterocycles. The van der Waals surface area contributed by atoms with Crippen LogP contribution in [0.1, 0.15) is 20.7 Å². The summed E-state index contributed by atoms with van der Waals surface area (Å²) in [4.78, 5) is 30.9. The number of benzene rings is 2. The minimum atomic E-state index is -0.203. The van der Waals surface area contributed by atoms with Gasteiger partial charge in [-0.2, -0.15) is 4.37 Å². The number of fused-ring (bicyclic) bond motifs is 2. The summed E-state index contributed by atoms with van der Waals surface area (Å²) in [6.07, 6.45) is 3.98. The van der Waals surface area contributed by atoms with Gasteiger partial charge in [0, 0.05) is 44.7 Å². The van der Waals surface area contributed by atoms with Crippen molar-refractivity contribution in [2.75, 3.05) is 44.2 Å². The molecule has 3 heterocycles. The Bertz CT molecular complexity index is 1100. The fraction of sp³-hybridized carbons (Fsp3) is 0.261. The standard InChI is InChI=1S/C23H22N4O2S/c28-21-17-7-1-2-8-18(17)22(29)27(21)12-6-5-11-25-13-15-26(16-14-25)23-19-9-3-4-10-20(19)24-30-23/h1-10H,11-16H2/b6-5+. The van der Waals surface area contributed by atoms with E-state index in [1.54, 1.807) is 35.8 Å². The van der Waals surface area contributed by atoms with Gasteiger partial charge in [-0.3, -0.25) is 19.4 Å². The van der Waals surface area contributed by atoms with Crippen LogP contribution in [-0.2, 0) is 0 Å². The zero-order valence-corrected chi connectivity index (χ0v) is 17.3. The third-order valence-electron chi connectivity index (χ3n) is 5.72. The van der Waals surface area contributed by atoms with E-state index in [1.165, 1.54) is 15.3 Å². The van der Waals surface area contributed by atoms with Gasteiger partial charge in [0.15, 0.2) is 0 Å². The number of imide groups is 1. The summed E-state index contributed by atoms with van der Waals surface area (Å²) in [6, 6.07) is 15.3. The Morgan fingerprint density at radius 2 is 1.47 bits per heavy atom. The Labute approximate surface area is 179 Å². The first kappa shape index (κ1) is 19.0. The molecule has 152 valence electrons. The van der Waals surface area contributed by atoms with Crippen LogP contribution in [0.5, 0.6) is 0 Å². The minimum Gasteiger partial charge on any atom is -0.359 e. The summed E-state index contributed by atoms with van der Waals surface area (Å²) >= 11 is 1.58. The number of nitrogens with zero attached hydrogens (tertiary/aromatic N) is 4. The van der Waals surface area contributed by atoms with Gasteiger partial charge in [0.1, 0.15) is 5.00 Å². The van der Waals surface area contributed by atoms with Crippen LogP contribution in [-0.4, -0.2) is 65.3 Å². The topological polar surface area (TPSA) is 56.8 Å². The largest absolute Gasteiger partial charge is 0.359 e. The van der Waals surface area contributed by atoms with Crippen molar-refractivity contribution >= 4 is 39.3 Å². The van der Waals surface area contributed by atoms with Gasteiger partial charge >= 0.3 is 0 Å². The quantitative estimate of drug-likeness (QED) is 0.470. The molecule has 6 nitrogen and oxygen atoms in total. The van der Waals surface area contributed by atoms with E-state index < -0.39 is 0 Å². The predicted molar refractivity (Wildman–Crippen MR) is 119 cm³/mol. The summed E-state index contributed by atoms with van der Waals surface area (Å²) in [5, 5.41) is 2.49. The van der Waals surface area contributed by atoms with Crippen LogP contribution in [0.3, 0.4) is 0 Å². The monoisotopic (exact) mass is 418 g/mol. The number of carbonyl (C=O) groups is 2. The molecule has 0 radical (unpaired) electrons. The molecule has 0 unspecified atom stereocenters. The normalized spacial score (nSPS) is 17.5. The second kappa shape index (κ2) is 8.01. The average Bonchev–Trinajstić information content (AvgIpc) is 3.32. The van der Waals surface area contributed by atoms with Gasteiger partial charge < -0.3 is 4.90 Å². The highest BCUT2D eigenvalue weighted by molar-refractivity contribution is 7.11. The number of piperazine rings is 1. The molecule has 1 saturated heterocycles. The van der Waals surface area contributed by atoms with Crippen LogP contribution in [0.4, 0.5) is 5.00 Å². The molecule has 0 atom stereocenters. The number of anilines is 1. The summed E-state index contributed by atoms with van der Waals surface area (Å²) in [5.74, 6) is -0.406. The number of aromatic nitrogens is 1. The summed E-state index contributed by atoms with van der Waals surface area (Å²) in [6.45, 7) is 5.03. The minimum absolute atomic E-state index is 0.203. The Kier molecular flexibility index (Phi) is 5.06. The van der Waals surface area contributed by atoms with Crippen molar-refractivity contribution in [1.29, 1.82) is 0 Å². The fourth-order valence-electron chi connectivity index (χ4n) is 4.05. The summed E-state index contributed by atoms with van der Waals surface area (Å²) < 4.78 is 4.55. The first-order valence-electron chi connectivity index (χ1n) is 10.1. The van der Waals surface area contributed by atoms with Gasteiger partial charge in [-0.1, -0.05) is 36.4 Å². The van der Waals surface area contributed by atoms with Crippen LogP contribution < -0.4 is 4.90 Å². The zero-order valence-electron chi connectivity index (χ0n) is 16.5. The van der Waals surface area contributed by atoms with Gasteiger partial charge in [0.05, 0.1) is 16.6 Å². The van der Waals surface area contributed by atoms with Gasteiger partial charge in [0.2, 0.25) is 0 Å². The molecule has 5 rings (SSSR count). The Morgan fingerprint density at radius 3 is 2.20 bits per heavy atom. The van der Waals surface area contributed by atoms with E-state index in [-0.39, 0.29) is 11.8 Å². The lowest BCUT2D eigenvalue weighted by Crippen LogP contribution is -2.46. The van der Waals surface area contributed by atoms with Crippen molar-refractivity contribution in [3.63, 3.8) is 0 Å². The van der Waals surface area contributed by atoms with Gasteiger partial charge in [-0.15, -0.1) is 0 Å². The molecule has 0 saturated carbocycles. The zero-order chi connectivity index (χ0) is 20.5. The number of hydrogen-bond donors (Lipinski definition) is 0.